The smallest absolute Gasteiger partial charge is 0.248 e. The van der Waals surface area contributed by atoms with Crippen LogP contribution < -0.4 is 10.5 Å². The molecule has 1 aromatic carbocycles. The maximum absolute atomic E-state index is 11.0. The van der Waals surface area contributed by atoms with Gasteiger partial charge in [0.15, 0.2) is 0 Å². The van der Waals surface area contributed by atoms with E-state index in [2.05, 4.69) is 0 Å². The highest BCUT2D eigenvalue weighted by Crippen LogP contribution is 2.20. The van der Waals surface area contributed by atoms with Crippen molar-refractivity contribution in [2.75, 3.05) is 6.61 Å². The van der Waals surface area contributed by atoms with Gasteiger partial charge >= 0.3 is 0 Å². The maximum atomic E-state index is 11.0. The van der Waals surface area contributed by atoms with Gasteiger partial charge in [0.2, 0.25) is 5.91 Å². The number of nitrogens with two attached hydrogens (primary N) is 1. The first-order valence-electron chi connectivity index (χ1n) is 5.05. The molecule has 0 heterocycles. The Morgan fingerprint density at radius 1 is 1.50 bits per heavy atom. The van der Waals surface area contributed by atoms with Crippen molar-refractivity contribution in [3.05, 3.63) is 29.3 Å². The number of carbonyl (C=O) groups is 1. The van der Waals surface area contributed by atoms with Crippen LogP contribution in [0.3, 0.4) is 0 Å². The number of aryl methyl sites for hydroxylation is 1. The number of hydrogen-bond acceptors (Lipinski definition) is 3. The van der Waals surface area contributed by atoms with Gasteiger partial charge in [-0.15, -0.1) is 0 Å². The van der Waals surface area contributed by atoms with E-state index in [1.807, 2.05) is 6.92 Å². The number of amides is 1. The summed E-state index contributed by atoms with van der Waals surface area (Å²) in [6.45, 7) is 5.33. The first-order chi connectivity index (χ1) is 7.29. The second-order valence-corrected chi connectivity index (χ2v) is 4.45. The van der Waals surface area contributed by atoms with Crippen molar-refractivity contribution in [2.24, 2.45) is 5.73 Å². The molecule has 0 atom stereocenters. The summed E-state index contributed by atoms with van der Waals surface area (Å²) in [5.41, 5.74) is 5.56. The van der Waals surface area contributed by atoms with Crippen LogP contribution in [0.4, 0.5) is 0 Å². The van der Waals surface area contributed by atoms with Gasteiger partial charge in [0.1, 0.15) is 12.4 Å². The number of primary amides is 1. The van der Waals surface area contributed by atoms with Gasteiger partial charge in [0, 0.05) is 5.56 Å². The molecule has 16 heavy (non-hydrogen) atoms. The Balaban J connectivity index is 2.86. The molecule has 4 nitrogen and oxygen atoms in total. The highest BCUT2D eigenvalue weighted by atomic mass is 16.5. The second-order valence-electron chi connectivity index (χ2n) is 4.45. The quantitative estimate of drug-likeness (QED) is 0.806. The van der Waals surface area contributed by atoms with Crippen LogP contribution in [0, 0.1) is 6.92 Å². The van der Waals surface area contributed by atoms with Crippen molar-refractivity contribution in [1.82, 2.24) is 0 Å². The van der Waals surface area contributed by atoms with Crippen molar-refractivity contribution in [2.45, 2.75) is 26.4 Å². The maximum Gasteiger partial charge on any atom is 0.248 e. The lowest BCUT2D eigenvalue weighted by molar-refractivity contribution is 0.0282. The largest absolute Gasteiger partial charge is 0.490 e. The zero-order valence-corrected chi connectivity index (χ0v) is 9.78. The number of carbonyl (C=O) groups excluding carboxylic acids is 1. The topological polar surface area (TPSA) is 72.6 Å². The Morgan fingerprint density at radius 3 is 2.62 bits per heavy atom. The molecule has 1 aromatic rings. The van der Waals surface area contributed by atoms with Gasteiger partial charge in [-0.3, -0.25) is 4.79 Å². The lowest BCUT2D eigenvalue weighted by Gasteiger charge is -2.19. The number of hydrogen-bond donors (Lipinski definition) is 2. The van der Waals surface area contributed by atoms with Crippen LogP contribution in [0.2, 0.25) is 0 Å². The molecule has 1 amide bonds. The highest BCUT2D eigenvalue weighted by molar-refractivity contribution is 5.93. The van der Waals surface area contributed by atoms with E-state index in [4.69, 9.17) is 10.5 Å². The van der Waals surface area contributed by atoms with E-state index in [-0.39, 0.29) is 6.61 Å². The fourth-order valence-electron chi connectivity index (χ4n) is 1.16. The molecule has 4 heteroatoms. The van der Waals surface area contributed by atoms with Crippen LogP contribution in [0.25, 0.3) is 0 Å². The molecule has 1 rings (SSSR count). The van der Waals surface area contributed by atoms with Gasteiger partial charge in [-0.25, -0.2) is 0 Å². The fourth-order valence-corrected chi connectivity index (χ4v) is 1.16. The van der Waals surface area contributed by atoms with Crippen molar-refractivity contribution >= 4 is 5.91 Å². The van der Waals surface area contributed by atoms with Crippen LogP contribution >= 0.6 is 0 Å². The second kappa shape index (κ2) is 4.53. The van der Waals surface area contributed by atoms with Crippen molar-refractivity contribution in [3.63, 3.8) is 0 Å². The molecule has 0 saturated carbocycles. The molecule has 0 spiro atoms. The SMILES string of the molecule is Cc1ccc(C(N)=O)cc1OCC(C)(C)O. The molecule has 3 N–H and O–H groups in total. The molecule has 88 valence electrons. The van der Waals surface area contributed by atoms with Crippen LogP contribution in [-0.4, -0.2) is 23.2 Å². The average molecular weight is 223 g/mol. The molecule has 0 fully saturated rings. The summed E-state index contributed by atoms with van der Waals surface area (Å²) < 4.78 is 5.43. The van der Waals surface area contributed by atoms with Gasteiger partial charge in [0.05, 0.1) is 5.60 Å². The molecule has 0 aliphatic rings. The number of rotatable bonds is 4. The minimum absolute atomic E-state index is 0.163. The predicted molar refractivity (Wildman–Crippen MR) is 61.5 cm³/mol. The fraction of sp³-hybridized carbons (Fsp3) is 0.417. The first kappa shape index (κ1) is 12.5. The van der Waals surface area contributed by atoms with Crippen molar-refractivity contribution in [3.8, 4) is 5.75 Å². The Kier molecular flexibility index (Phi) is 3.55. The highest BCUT2D eigenvalue weighted by Gasteiger charge is 2.14. The van der Waals surface area contributed by atoms with E-state index in [1.54, 1.807) is 32.0 Å². The molecule has 0 radical (unpaired) electrons. The van der Waals surface area contributed by atoms with E-state index < -0.39 is 11.5 Å². The number of benzene rings is 1. The van der Waals surface area contributed by atoms with Gasteiger partial charge in [-0.05, 0) is 38.5 Å². The first-order valence-corrected chi connectivity index (χ1v) is 5.05. The van der Waals surface area contributed by atoms with E-state index in [0.29, 0.717) is 11.3 Å². The molecule has 0 aliphatic carbocycles. The summed E-state index contributed by atoms with van der Waals surface area (Å²) >= 11 is 0. The number of aliphatic hydroxyl groups is 1. The van der Waals surface area contributed by atoms with Crippen LogP contribution in [0.15, 0.2) is 18.2 Å². The zero-order chi connectivity index (χ0) is 12.3. The summed E-state index contributed by atoms with van der Waals surface area (Å²) in [7, 11) is 0. The van der Waals surface area contributed by atoms with Gasteiger partial charge in [-0.2, -0.15) is 0 Å². The minimum atomic E-state index is -0.908. The molecule has 0 aromatic heterocycles. The standard InChI is InChI=1S/C12H17NO3/c1-8-4-5-9(11(13)14)6-10(8)16-7-12(2,3)15/h4-6,15H,7H2,1-3H3,(H2,13,14). The number of ether oxygens (including phenoxy) is 1. The Hall–Kier alpha value is -1.55. The lowest BCUT2D eigenvalue weighted by Crippen LogP contribution is -2.28. The third-order valence-corrected chi connectivity index (χ3v) is 2.05. The molecule has 0 bridgehead atoms. The average Bonchev–Trinajstić information content (AvgIpc) is 2.14. The van der Waals surface area contributed by atoms with E-state index >= 15 is 0 Å². The lowest BCUT2D eigenvalue weighted by atomic mass is 10.1. The third kappa shape index (κ3) is 3.55. The summed E-state index contributed by atoms with van der Waals surface area (Å²) in [6, 6.07) is 5.00. The minimum Gasteiger partial charge on any atom is -0.490 e. The van der Waals surface area contributed by atoms with Crippen molar-refractivity contribution in [1.29, 1.82) is 0 Å². The van der Waals surface area contributed by atoms with Gasteiger partial charge < -0.3 is 15.6 Å². The molecule has 0 unspecified atom stereocenters. The third-order valence-electron chi connectivity index (χ3n) is 2.05. The van der Waals surface area contributed by atoms with Crippen molar-refractivity contribution < 1.29 is 14.6 Å². The summed E-state index contributed by atoms with van der Waals surface area (Å²) in [5.74, 6) is 0.0755. The van der Waals surface area contributed by atoms with Gasteiger partial charge in [-0.1, -0.05) is 6.07 Å². The summed E-state index contributed by atoms with van der Waals surface area (Å²) in [5, 5.41) is 9.53. The monoisotopic (exact) mass is 223 g/mol. The zero-order valence-electron chi connectivity index (χ0n) is 9.78. The normalized spacial score (nSPS) is 11.2. The van der Waals surface area contributed by atoms with E-state index in [1.165, 1.54) is 0 Å². The van der Waals surface area contributed by atoms with Crippen LogP contribution in [0.1, 0.15) is 29.8 Å². The Labute approximate surface area is 95.0 Å². The molecular weight excluding hydrogens is 206 g/mol. The van der Waals surface area contributed by atoms with E-state index in [9.17, 15) is 9.90 Å². The van der Waals surface area contributed by atoms with Crippen LogP contribution in [0.5, 0.6) is 5.75 Å². The summed E-state index contributed by atoms with van der Waals surface area (Å²) in [4.78, 5) is 11.0. The predicted octanol–water partition coefficient (Wildman–Crippen LogP) is 1.24. The molecular formula is C12H17NO3. The Morgan fingerprint density at radius 2 is 2.12 bits per heavy atom. The van der Waals surface area contributed by atoms with Gasteiger partial charge in [0.25, 0.3) is 0 Å². The summed E-state index contributed by atoms with van der Waals surface area (Å²) in [6.07, 6.45) is 0. The molecule has 0 saturated heterocycles. The molecule has 0 aliphatic heterocycles. The van der Waals surface area contributed by atoms with E-state index in [0.717, 1.165) is 5.56 Å². The Bertz CT molecular complexity index is 394. The van der Waals surface area contributed by atoms with Crippen LogP contribution in [-0.2, 0) is 0 Å².